The van der Waals surface area contributed by atoms with Crippen LogP contribution in [-0.2, 0) is 0 Å². The zero-order valence-electron chi connectivity index (χ0n) is 11.0. The van der Waals surface area contributed by atoms with Crippen molar-refractivity contribution in [3.63, 3.8) is 0 Å². The van der Waals surface area contributed by atoms with Gasteiger partial charge in [-0.2, -0.15) is 0 Å². The van der Waals surface area contributed by atoms with Crippen LogP contribution in [0.5, 0.6) is 0 Å². The standard InChI is InChI=1S/C15H16Cl2N2O/c16-11-3-4-12(13(17)10-11)15(14-2-1-9-20-14)19-7-5-18-6-8-19/h1-4,9-10,15,18H,5-8H2. The Morgan fingerprint density at radius 2 is 1.95 bits per heavy atom. The smallest absolute Gasteiger partial charge is 0.125 e. The van der Waals surface area contributed by atoms with Crippen LogP contribution in [0.3, 0.4) is 0 Å². The number of hydrogen-bond acceptors (Lipinski definition) is 3. The number of furan rings is 1. The second kappa shape index (κ2) is 6.19. The van der Waals surface area contributed by atoms with Crippen LogP contribution in [-0.4, -0.2) is 31.1 Å². The summed E-state index contributed by atoms with van der Waals surface area (Å²) >= 11 is 12.4. The van der Waals surface area contributed by atoms with Gasteiger partial charge in [-0.1, -0.05) is 29.3 Å². The molecule has 106 valence electrons. The molecule has 1 aromatic heterocycles. The largest absolute Gasteiger partial charge is 0.467 e. The van der Waals surface area contributed by atoms with Crippen LogP contribution in [0.2, 0.25) is 10.0 Å². The quantitative estimate of drug-likeness (QED) is 0.939. The molecule has 2 aromatic rings. The van der Waals surface area contributed by atoms with Crippen LogP contribution in [0.15, 0.2) is 41.0 Å². The summed E-state index contributed by atoms with van der Waals surface area (Å²) in [6.45, 7) is 3.87. The van der Waals surface area contributed by atoms with Crippen LogP contribution in [0.25, 0.3) is 0 Å². The topological polar surface area (TPSA) is 28.4 Å². The van der Waals surface area contributed by atoms with Gasteiger partial charge in [-0.25, -0.2) is 0 Å². The molecule has 3 nitrogen and oxygen atoms in total. The van der Waals surface area contributed by atoms with Crippen LogP contribution >= 0.6 is 23.2 Å². The molecule has 0 radical (unpaired) electrons. The fourth-order valence-corrected chi connectivity index (χ4v) is 3.15. The lowest BCUT2D eigenvalue weighted by atomic mass is 10.0. The first-order valence-electron chi connectivity index (χ1n) is 6.69. The first-order chi connectivity index (χ1) is 9.75. The van der Waals surface area contributed by atoms with Crippen molar-refractivity contribution >= 4 is 23.2 Å². The molecule has 1 atom stereocenters. The summed E-state index contributed by atoms with van der Waals surface area (Å²) in [4.78, 5) is 2.38. The van der Waals surface area contributed by atoms with E-state index in [4.69, 9.17) is 27.6 Å². The maximum atomic E-state index is 6.39. The number of nitrogens with zero attached hydrogens (tertiary/aromatic N) is 1. The van der Waals surface area contributed by atoms with Crippen LogP contribution in [0.4, 0.5) is 0 Å². The van der Waals surface area contributed by atoms with Crippen molar-refractivity contribution in [2.75, 3.05) is 26.2 Å². The number of hydrogen-bond donors (Lipinski definition) is 1. The number of benzene rings is 1. The normalized spacial score (nSPS) is 18.1. The molecule has 1 aliphatic rings. The van der Waals surface area contributed by atoms with Crippen molar-refractivity contribution in [2.45, 2.75) is 6.04 Å². The van der Waals surface area contributed by atoms with Gasteiger partial charge in [-0.15, -0.1) is 0 Å². The molecule has 1 fully saturated rings. The van der Waals surface area contributed by atoms with Crippen LogP contribution in [0.1, 0.15) is 17.4 Å². The van der Waals surface area contributed by atoms with E-state index < -0.39 is 0 Å². The fraction of sp³-hybridized carbons (Fsp3) is 0.333. The van der Waals surface area contributed by atoms with Gasteiger partial charge in [0.2, 0.25) is 0 Å². The Hall–Kier alpha value is -1.00. The van der Waals surface area contributed by atoms with Gasteiger partial charge in [0.05, 0.1) is 12.3 Å². The van der Waals surface area contributed by atoms with Crippen LogP contribution < -0.4 is 5.32 Å². The number of rotatable bonds is 3. The van der Waals surface area contributed by atoms with Crippen molar-refractivity contribution in [3.05, 3.63) is 58.0 Å². The first kappa shape index (κ1) is 14.0. The molecule has 3 rings (SSSR count). The van der Waals surface area contributed by atoms with E-state index in [1.807, 2.05) is 24.3 Å². The van der Waals surface area contributed by atoms with Crippen molar-refractivity contribution in [3.8, 4) is 0 Å². The molecular formula is C15H16Cl2N2O. The molecule has 20 heavy (non-hydrogen) atoms. The first-order valence-corrected chi connectivity index (χ1v) is 7.44. The third kappa shape index (κ3) is 2.86. The second-order valence-electron chi connectivity index (χ2n) is 4.87. The molecule has 1 aromatic carbocycles. The third-order valence-corrected chi connectivity index (χ3v) is 4.15. The van der Waals surface area contributed by atoms with Gasteiger partial charge in [-0.3, -0.25) is 4.90 Å². The second-order valence-corrected chi connectivity index (χ2v) is 5.71. The molecule has 0 bridgehead atoms. The summed E-state index contributed by atoms with van der Waals surface area (Å²) in [7, 11) is 0. The van der Waals surface area contributed by atoms with E-state index >= 15 is 0 Å². The molecular weight excluding hydrogens is 295 g/mol. The van der Waals surface area contributed by atoms with E-state index in [0.717, 1.165) is 37.5 Å². The van der Waals surface area contributed by atoms with Crippen molar-refractivity contribution in [1.82, 2.24) is 10.2 Å². The van der Waals surface area contributed by atoms with Gasteiger partial charge in [0.15, 0.2) is 0 Å². The molecule has 0 spiro atoms. The Labute approximate surface area is 128 Å². The van der Waals surface area contributed by atoms with Gasteiger partial charge < -0.3 is 9.73 Å². The van der Waals surface area contributed by atoms with E-state index in [9.17, 15) is 0 Å². The number of halogens is 2. The summed E-state index contributed by atoms with van der Waals surface area (Å²) < 4.78 is 5.63. The SMILES string of the molecule is Clc1ccc(C(c2ccco2)N2CCNCC2)c(Cl)c1. The lowest BCUT2D eigenvalue weighted by Crippen LogP contribution is -2.45. The molecule has 1 unspecified atom stereocenters. The molecule has 1 aliphatic heterocycles. The van der Waals surface area contributed by atoms with E-state index in [-0.39, 0.29) is 6.04 Å². The zero-order chi connectivity index (χ0) is 13.9. The van der Waals surface area contributed by atoms with E-state index in [0.29, 0.717) is 10.0 Å². The van der Waals surface area contributed by atoms with Crippen molar-refractivity contribution in [1.29, 1.82) is 0 Å². The summed E-state index contributed by atoms with van der Waals surface area (Å²) in [5.74, 6) is 0.913. The highest BCUT2D eigenvalue weighted by atomic mass is 35.5. The Balaban J connectivity index is 2.00. The predicted molar refractivity (Wildman–Crippen MR) is 81.5 cm³/mol. The monoisotopic (exact) mass is 310 g/mol. The average molecular weight is 311 g/mol. The molecule has 0 aliphatic carbocycles. The van der Waals surface area contributed by atoms with Gasteiger partial charge in [0, 0.05) is 36.2 Å². The summed E-state index contributed by atoms with van der Waals surface area (Å²) in [6.07, 6.45) is 1.70. The molecule has 0 saturated carbocycles. The summed E-state index contributed by atoms with van der Waals surface area (Å²) in [5.41, 5.74) is 1.04. The maximum Gasteiger partial charge on any atom is 0.125 e. The molecule has 1 N–H and O–H groups in total. The number of piperazine rings is 1. The van der Waals surface area contributed by atoms with Gasteiger partial charge in [0.25, 0.3) is 0 Å². The predicted octanol–water partition coefficient (Wildman–Crippen LogP) is 3.58. The lowest BCUT2D eigenvalue weighted by molar-refractivity contribution is 0.180. The Morgan fingerprint density at radius 1 is 1.15 bits per heavy atom. The van der Waals surface area contributed by atoms with Gasteiger partial charge >= 0.3 is 0 Å². The maximum absolute atomic E-state index is 6.39. The minimum atomic E-state index is 0.0388. The Kier molecular flexibility index (Phi) is 4.32. The summed E-state index contributed by atoms with van der Waals surface area (Å²) in [5, 5.41) is 4.69. The highest BCUT2D eigenvalue weighted by molar-refractivity contribution is 6.35. The van der Waals surface area contributed by atoms with E-state index in [1.54, 1.807) is 12.3 Å². The van der Waals surface area contributed by atoms with E-state index in [1.165, 1.54) is 0 Å². The van der Waals surface area contributed by atoms with E-state index in [2.05, 4.69) is 10.2 Å². The molecule has 0 amide bonds. The lowest BCUT2D eigenvalue weighted by Gasteiger charge is -2.34. The van der Waals surface area contributed by atoms with Crippen molar-refractivity contribution in [2.24, 2.45) is 0 Å². The van der Waals surface area contributed by atoms with Crippen molar-refractivity contribution < 1.29 is 4.42 Å². The molecule has 5 heteroatoms. The Morgan fingerprint density at radius 3 is 2.60 bits per heavy atom. The summed E-state index contributed by atoms with van der Waals surface area (Å²) in [6, 6.07) is 9.60. The highest BCUT2D eigenvalue weighted by Crippen LogP contribution is 2.35. The van der Waals surface area contributed by atoms with Gasteiger partial charge in [-0.05, 0) is 29.8 Å². The molecule has 2 heterocycles. The van der Waals surface area contributed by atoms with Crippen LogP contribution in [0, 0.1) is 0 Å². The highest BCUT2D eigenvalue weighted by Gasteiger charge is 2.27. The average Bonchev–Trinajstić information content (AvgIpc) is 2.97. The fourth-order valence-electron chi connectivity index (χ4n) is 2.64. The third-order valence-electron chi connectivity index (χ3n) is 3.59. The number of nitrogens with one attached hydrogen (secondary N) is 1. The zero-order valence-corrected chi connectivity index (χ0v) is 12.5. The van der Waals surface area contributed by atoms with Gasteiger partial charge in [0.1, 0.15) is 5.76 Å². The Bertz CT molecular complexity index is 565. The molecule has 1 saturated heterocycles. The minimum absolute atomic E-state index is 0.0388. The minimum Gasteiger partial charge on any atom is -0.467 e.